The van der Waals surface area contributed by atoms with Crippen molar-refractivity contribution in [3.63, 3.8) is 0 Å². The van der Waals surface area contributed by atoms with E-state index in [1.165, 1.54) is 12.1 Å². The van der Waals surface area contributed by atoms with Crippen LogP contribution >= 0.6 is 0 Å². The summed E-state index contributed by atoms with van der Waals surface area (Å²) in [5, 5.41) is 9.31. The molecule has 150 valence electrons. The number of sulfonamides is 1. The van der Waals surface area contributed by atoms with Gasteiger partial charge in [-0.25, -0.2) is 8.42 Å². The molecule has 0 unspecified atom stereocenters. The van der Waals surface area contributed by atoms with Gasteiger partial charge < -0.3 is 14.8 Å². The van der Waals surface area contributed by atoms with Gasteiger partial charge in [-0.1, -0.05) is 12.1 Å². The number of fused-ring (bicyclic) bond motifs is 1. The molecule has 1 aliphatic heterocycles. The highest BCUT2D eigenvalue weighted by Crippen LogP contribution is 2.34. The zero-order valence-corrected chi connectivity index (χ0v) is 16.5. The quantitative estimate of drug-likeness (QED) is 0.590. The average molecular weight is 414 g/mol. The van der Waals surface area contributed by atoms with E-state index in [0.29, 0.717) is 28.6 Å². The van der Waals surface area contributed by atoms with Crippen molar-refractivity contribution in [1.82, 2.24) is 10.2 Å². The number of benzene rings is 2. The van der Waals surface area contributed by atoms with E-state index in [-0.39, 0.29) is 22.9 Å². The van der Waals surface area contributed by atoms with Crippen molar-refractivity contribution in [1.29, 1.82) is 0 Å². The number of aromatic nitrogens is 2. The molecule has 29 heavy (non-hydrogen) atoms. The van der Waals surface area contributed by atoms with E-state index in [0.717, 1.165) is 0 Å². The van der Waals surface area contributed by atoms with Crippen molar-refractivity contribution < 1.29 is 22.7 Å². The lowest BCUT2D eigenvalue weighted by Gasteiger charge is -2.13. The van der Waals surface area contributed by atoms with Gasteiger partial charge in [-0.3, -0.25) is 14.6 Å². The van der Waals surface area contributed by atoms with Crippen LogP contribution in [-0.4, -0.2) is 31.3 Å². The monoisotopic (exact) mass is 414 g/mol. The molecule has 2 aromatic carbocycles. The molecule has 0 bridgehead atoms. The smallest absolute Gasteiger partial charge is 0.265 e. The minimum Gasteiger partial charge on any atom is -0.454 e. The first-order valence-electron chi connectivity index (χ1n) is 8.69. The molecule has 0 saturated heterocycles. The fourth-order valence-electron chi connectivity index (χ4n) is 3.08. The Morgan fingerprint density at radius 2 is 1.86 bits per heavy atom. The molecule has 3 aromatic rings. The zero-order valence-electron chi connectivity index (χ0n) is 15.6. The molecule has 4 rings (SSSR count). The molecular weight excluding hydrogens is 396 g/mol. The van der Waals surface area contributed by atoms with Gasteiger partial charge in [0.15, 0.2) is 11.5 Å². The topological polar surface area (TPSA) is 122 Å². The van der Waals surface area contributed by atoms with Crippen LogP contribution in [0.3, 0.4) is 0 Å². The second-order valence-corrected chi connectivity index (χ2v) is 8.06. The molecule has 0 fully saturated rings. The number of aryl methyl sites for hydroxylation is 2. The van der Waals surface area contributed by atoms with E-state index in [1.54, 1.807) is 44.2 Å². The Kier molecular flexibility index (Phi) is 4.63. The number of aromatic amines is 1. The van der Waals surface area contributed by atoms with Gasteiger partial charge in [-0.05, 0) is 38.1 Å². The van der Waals surface area contributed by atoms with Gasteiger partial charge in [0.2, 0.25) is 6.79 Å². The Hall–Kier alpha value is -3.53. The van der Waals surface area contributed by atoms with E-state index in [1.807, 2.05) is 0 Å². The van der Waals surface area contributed by atoms with Crippen molar-refractivity contribution in [2.24, 2.45) is 0 Å². The molecule has 3 N–H and O–H groups in total. The number of H-pyrrole nitrogens is 1. The van der Waals surface area contributed by atoms with Gasteiger partial charge in [0, 0.05) is 11.8 Å². The number of ether oxygens (including phenoxy) is 2. The van der Waals surface area contributed by atoms with Crippen LogP contribution < -0.4 is 19.5 Å². The van der Waals surface area contributed by atoms with E-state index in [4.69, 9.17) is 9.47 Å². The molecule has 0 spiro atoms. The number of hydrogen-bond acceptors (Lipinski definition) is 6. The Labute approximate surface area is 167 Å². The lowest BCUT2D eigenvalue weighted by molar-refractivity contribution is 0.102. The van der Waals surface area contributed by atoms with Crippen LogP contribution in [0.15, 0.2) is 47.4 Å². The van der Waals surface area contributed by atoms with Gasteiger partial charge in [-0.15, -0.1) is 0 Å². The first-order chi connectivity index (χ1) is 13.8. The van der Waals surface area contributed by atoms with Gasteiger partial charge in [0.05, 0.1) is 22.6 Å². The standard InChI is InChI=1S/C19H18N4O5S/c1-11-18(12(2)22-21-11)29(25,26)23-15-6-4-3-5-14(15)19(24)20-13-7-8-16-17(9-13)28-10-27-16/h3-9,23H,10H2,1-2H3,(H,20,24)(H,21,22). The van der Waals surface area contributed by atoms with Gasteiger partial charge in [0.25, 0.3) is 15.9 Å². The molecule has 0 radical (unpaired) electrons. The Balaban J connectivity index is 1.61. The maximum Gasteiger partial charge on any atom is 0.265 e. The molecule has 1 amide bonds. The molecule has 0 saturated carbocycles. The number of nitrogens with zero attached hydrogens (tertiary/aromatic N) is 1. The number of carbonyl (C=O) groups excluding carboxylic acids is 1. The maximum absolute atomic E-state index is 12.8. The Bertz CT molecular complexity index is 1180. The summed E-state index contributed by atoms with van der Waals surface area (Å²) in [5.74, 6) is 0.660. The molecule has 0 atom stereocenters. The van der Waals surface area contributed by atoms with Crippen LogP contribution in [-0.2, 0) is 10.0 Å². The summed E-state index contributed by atoms with van der Waals surface area (Å²) in [6, 6.07) is 11.4. The lowest BCUT2D eigenvalue weighted by atomic mass is 10.1. The second kappa shape index (κ2) is 7.13. The molecule has 10 heteroatoms. The van der Waals surface area contributed by atoms with Crippen molar-refractivity contribution in [2.75, 3.05) is 16.8 Å². The number of rotatable bonds is 5. The third-order valence-electron chi connectivity index (χ3n) is 4.38. The van der Waals surface area contributed by atoms with Crippen LogP contribution in [0.25, 0.3) is 0 Å². The van der Waals surface area contributed by atoms with Gasteiger partial charge in [-0.2, -0.15) is 5.10 Å². The fourth-order valence-corrected chi connectivity index (χ4v) is 4.53. The summed E-state index contributed by atoms with van der Waals surface area (Å²) in [6.45, 7) is 3.34. The minimum absolute atomic E-state index is 0.0588. The summed E-state index contributed by atoms with van der Waals surface area (Å²) < 4.78 is 38.7. The zero-order chi connectivity index (χ0) is 20.6. The highest BCUT2D eigenvalue weighted by atomic mass is 32.2. The molecule has 9 nitrogen and oxygen atoms in total. The third kappa shape index (κ3) is 3.61. The number of para-hydroxylation sites is 1. The van der Waals surface area contributed by atoms with E-state index >= 15 is 0 Å². The summed E-state index contributed by atoms with van der Waals surface area (Å²) >= 11 is 0. The average Bonchev–Trinajstić information content (AvgIpc) is 3.27. The third-order valence-corrected chi connectivity index (χ3v) is 6.00. The number of carbonyl (C=O) groups is 1. The molecule has 1 aliphatic rings. The fraction of sp³-hybridized carbons (Fsp3) is 0.158. The van der Waals surface area contributed by atoms with E-state index < -0.39 is 15.9 Å². The number of nitrogens with one attached hydrogen (secondary N) is 3. The number of anilines is 2. The normalized spacial score (nSPS) is 12.6. The van der Waals surface area contributed by atoms with Crippen LogP contribution in [0.1, 0.15) is 21.7 Å². The summed E-state index contributed by atoms with van der Waals surface area (Å²) in [5.41, 5.74) is 1.59. The molecule has 2 heterocycles. The van der Waals surface area contributed by atoms with Crippen LogP contribution in [0.2, 0.25) is 0 Å². The highest BCUT2D eigenvalue weighted by molar-refractivity contribution is 7.92. The van der Waals surface area contributed by atoms with Crippen molar-refractivity contribution in [2.45, 2.75) is 18.7 Å². The first kappa shape index (κ1) is 18.8. The summed E-state index contributed by atoms with van der Waals surface area (Å²) in [4.78, 5) is 12.9. The van der Waals surface area contributed by atoms with Crippen LogP contribution in [0.5, 0.6) is 11.5 Å². The van der Waals surface area contributed by atoms with E-state index in [2.05, 4.69) is 20.2 Å². The van der Waals surface area contributed by atoms with E-state index in [9.17, 15) is 13.2 Å². The minimum atomic E-state index is -3.93. The Morgan fingerprint density at radius 3 is 2.62 bits per heavy atom. The number of amides is 1. The Morgan fingerprint density at radius 1 is 1.10 bits per heavy atom. The predicted octanol–water partition coefficient (Wildman–Crippen LogP) is 2.81. The molecule has 0 aliphatic carbocycles. The van der Waals surface area contributed by atoms with Crippen molar-refractivity contribution in [3.05, 3.63) is 59.4 Å². The van der Waals surface area contributed by atoms with Gasteiger partial charge in [0.1, 0.15) is 4.90 Å². The number of hydrogen-bond donors (Lipinski definition) is 3. The lowest BCUT2D eigenvalue weighted by Crippen LogP contribution is -2.19. The first-order valence-corrected chi connectivity index (χ1v) is 10.2. The SMILES string of the molecule is Cc1n[nH]c(C)c1S(=O)(=O)Nc1ccccc1C(=O)Nc1ccc2c(c1)OCO2. The molecule has 1 aromatic heterocycles. The van der Waals surface area contributed by atoms with Gasteiger partial charge >= 0.3 is 0 Å². The highest BCUT2D eigenvalue weighted by Gasteiger charge is 2.24. The van der Waals surface area contributed by atoms with Crippen LogP contribution in [0.4, 0.5) is 11.4 Å². The second-order valence-electron chi connectivity index (χ2n) is 6.44. The van der Waals surface area contributed by atoms with Crippen molar-refractivity contribution >= 4 is 27.3 Å². The molecular formula is C19H18N4O5S. The van der Waals surface area contributed by atoms with Crippen LogP contribution in [0, 0.1) is 13.8 Å². The summed E-state index contributed by atoms with van der Waals surface area (Å²) in [6.07, 6.45) is 0. The maximum atomic E-state index is 12.8. The predicted molar refractivity (Wildman–Crippen MR) is 106 cm³/mol. The summed E-state index contributed by atoms with van der Waals surface area (Å²) in [7, 11) is -3.93. The largest absolute Gasteiger partial charge is 0.454 e. The van der Waals surface area contributed by atoms with Crippen molar-refractivity contribution in [3.8, 4) is 11.5 Å².